The maximum absolute atomic E-state index is 12.4. The molecule has 1 aliphatic rings. The number of amides is 1. The first-order chi connectivity index (χ1) is 10.6. The lowest BCUT2D eigenvalue weighted by molar-refractivity contribution is 0.0930. The van der Waals surface area contributed by atoms with E-state index in [2.05, 4.69) is 15.7 Å². The van der Waals surface area contributed by atoms with Crippen molar-refractivity contribution in [2.45, 2.75) is 25.8 Å². The van der Waals surface area contributed by atoms with Crippen molar-refractivity contribution in [1.82, 2.24) is 20.4 Å². The molecule has 0 unspecified atom stereocenters. The first-order valence-electron chi connectivity index (χ1n) is 7.47. The Bertz CT molecular complexity index is 659. The number of aromatic nitrogens is 2. The van der Waals surface area contributed by atoms with E-state index in [0.717, 1.165) is 37.3 Å². The molecule has 1 saturated heterocycles. The first kappa shape index (κ1) is 15.1. The molecule has 2 N–H and O–H groups in total. The van der Waals surface area contributed by atoms with Gasteiger partial charge in [-0.25, -0.2) is 4.68 Å². The van der Waals surface area contributed by atoms with Crippen LogP contribution >= 0.6 is 11.6 Å². The summed E-state index contributed by atoms with van der Waals surface area (Å²) >= 11 is 5.89. The molecule has 0 aliphatic carbocycles. The molecular formula is C16H19ClN4O. The van der Waals surface area contributed by atoms with Crippen LogP contribution in [-0.2, 0) is 0 Å². The standard InChI is InChI=1S/C16H19ClN4O/c1-11-15(16(22)19-13-3-2-8-18-9-13)10-21(20-11)14-6-4-12(17)5-7-14/h4-7,10,13,18H,2-3,8-9H2,1H3,(H,19,22)/t13-/m0/s1. The zero-order chi connectivity index (χ0) is 15.5. The van der Waals surface area contributed by atoms with E-state index in [4.69, 9.17) is 11.6 Å². The number of benzene rings is 1. The Labute approximate surface area is 134 Å². The lowest BCUT2D eigenvalue weighted by Crippen LogP contribution is -2.45. The second-order valence-electron chi connectivity index (χ2n) is 5.57. The van der Waals surface area contributed by atoms with Crippen LogP contribution in [0.15, 0.2) is 30.5 Å². The number of hydrogen-bond acceptors (Lipinski definition) is 3. The van der Waals surface area contributed by atoms with Gasteiger partial charge in [0.2, 0.25) is 0 Å². The number of nitrogens with one attached hydrogen (secondary N) is 2. The van der Waals surface area contributed by atoms with Crippen molar-refractivity contribution >= 4 is 17.5 Å². The Hall–Kier alpha value is -1.85. The van der Waals surface area contributed by atoms with Crippen LogP contribution in [0.4, 0.5) is 0 Å². The zero-order valence-electron chi connectivity index (χ0n) is 12.5. The fourth-order valence-electron chi connectivity index (χ4n) is 2.65. The second-order valence-corrected chi connectivity index (χ2v) is 6.00. The smallest absolute Gasteiger partial charge is 0.255 e. The highest BCUT2D eigenvalue weighted by atomic mass is 35.5. The Morgan fingerprint density at radius 2 is 2.18 bits per heavy atom. The molecule has 5 nitrogen and oxygen atoms in total. The number of aryl methyl sites for hydroxylation is 1. The molecule has 0 radical (unpaired) electrons. The fraction of sp³-hybridized carbons (Fsp3) is 0.375. The monoisotopic (exact) mass is 318 g/mol. The maximum atomic E-state index is 12.4. The molecule has 22 heavy (non-hydrogen) atoms. The van der Waals surface area contributed by atoms with Gasteiger partial charge >= 0.3 is 0 Å². The molecule has 2 heterocycles. The summed E-state index contributed by atoms with van der Waals surface area (Å²) in [4.78, 5) is 12.4. The van der Waals surface area contributed by atoms with Gasteiger partial charge in [0, 0.05) is 23.8 Å². The normalized spacial score (nSPS) is 18.2. The summed E-state index contributed by atoms with van der Waals surface area (Å²) in [5, 5.41) is 11.5. The van der Waals surface area contributed by atoms with Crippen molar-refractivity contribution in [3.8, 4) is 5.69 Å². The van der Waals surface area contributed by atoms with Crippen LogP contribution in [0, 0.1) is 6.92 Å². The predicted molar refractivity (Wildman–Crippen MR) is 86.7 cm³/mol. The van der Waals surface area contributed by atoms with Crippen LogP contribution in [0.25, 0.3) is 5.69 Å². The van der Waals surface area contributed by atoms with Gasteiger partial charge in [0.25, 0.3) is 5.91 Å². The van der Waals surface area contributed by atoms with Crippen molar-refractivity contribution in [1.29, 1.82) is 0 Å². The molecule has 1 fully saturated rings. The average molecular weight is 319 g/mol. The topological polar surface area (TPSA) is 59.0 Å². The minimum absolute atomic E-state index is 0.0635. The van der Waals surface area contributed by atoms with E-state index < -0.39 is 0 Å². The van der Waals surface area contributed by atoms with E-state index in [-0.39, 0.29) is 11.9 Å². The minimum atomic E-state index is -0.0635. The zero-order valence-corrected chi connectivity index (χ0v) is 13.2. The molecule has 1 aliphatic heterocycles. The highest BCUT2D eigenvalue weighted by Gasteiger charge is 2.19. The number of carbonyl (C=O) groups is 1. The SMILES string of the molecule is Cc1nn(-c2ccc(Cl)cc2)cc1C(=O)N[C@H]1CCCNC1. The summed E-state index contributed by atoms with van der Waals surface area (Å²) in [6, 6.07) is 7.56. The summed E-state index contributed by atoms with van der Waals surface area (Å²) in [6.45, 7) is 3.70. The van der Waals surface area contributed by atoms with Crippen LogP contribution in [0.2, 0.25) is 5.02 Å². The first-order valence-corrected chi connectivity index (χ1v) is 7.85. The maximum Gasteiger partial charge on any atom is 0.255 e. The predicted octanol–water partition coefficient (Wildman–Crippen LogP) is 2.32. The summed E-state index contributed by atoms with van der Waals surface area (Å²) in [5.41, 5.74) is 2.21. The Morgan fingerprint density at radius 1 is 1.41 bits per heavy atom. The van der Waals surface area contributed by atoms with Gasteiger partial charge in [-0.2, -0.15) is 5.10 Å². The van der Waals surface area contributed by atoms with Gasteiger partial charge in [-0.15, -0.1) is 0 Å². The summed E-state index contributed by atoms with van der Waals surface area (Å²) < 4.78 is 1.71. The number of rotatable bonds is 3. The summed E-state index contributed by atoms with van der Waals surface area (Å²) in [7, 11) is 0. The molecule has 2 aromatic rings. The third-order valence-corrected chi connectivity index (χ3v) is 4.12. The van der Waals surface area contributed by atoms with Crippen molar-refractivity contribution in [2.75, 3.05) is 13.1 Å². The Kier molecular flexibility index (Phi) is 4.45. The van der Waals surface area contributed by atoms with Crippen LogP contribution in [-0.4, -0.2) is 34.8 Å². The Balaban J connectivity index is 1.76. The van der Waals surface area contributed by atoms with Gasteiger partial charge in [0.15, 0.2) is 0 Å². The molecule has 0 spiro atoms. The molecule has 1 aromatic carbocycles. The van der Waals surface area contributed by atoms with E-state index in [0.29, 0.717) is 10.6 Å². The second kappa shape index (κ2) is 6.50. The van der Waals surface area contributed by atoms with Crippen molar-refractivity contribution in [2.24, 2.45) is 0 Å². The van der Waals surface area contributed by atoms with Crippen LogP contribution in [0.3, 0.4) is 0 Å². The molecule has 6 heteroatoms. The average Bonchev–Trinajstić information content (AvgIpc) is 2.91. The van der Waals surface area contributed by atoms with Crippen molar-refractivity contribution in [3.05, 3.63) is 46.7 Å². The quantitative estimate of drug-likeness (QED) is 0.913. The molecule has 1 aromatic heterocycles. The van der Waals surface area contributed by atoms with E-state index in [9.17, 15) is 4.79 Å². The number of carbonyl (C=O) groups excluding carboxylic acids is 1. The largest absolute Gasteiger partial charge is 0.348 e. The fourth-order valence-corrected chi connectivity index (χ4v) is 2.77. The number of halogens is 1. The van der Waals surface area contributed by atoms with Crippen LogP contribution < -0.4 is 10.6 Å². The number of piperidine rings is 1. The third kappa shape index (κ3) is 3.31. The van der Waals surface area contributed by atoms with Gasteiger partial charge in [-0.3, -0.25) is 4.79 Å². The molecule has 1 amide bonds. The van der Waals surface area contributed by atoms with E-state index in [1.807, 2.05) is 19.1 Å². The molecule has 0 bridgehead atoms. The van der Waals surface area contributed by atoms with Crippen LogP contribution in [0.5, 0.6) is 0 Å². The summed E-state index contributed by atoms with van der Waals surface area (Å²) in [5.74, 6) is -0.0635. The number of hydrogen-bond donors (Lipinski definition) is 2. The molecule has 1 atom stereocenters. The lowest BCUT2D eigenvalue weighted by Gasteiger charge is -2.23. The third-order valence-electron chi connectivity index (χ3n) is 3.87. The van der Waals surface area contributed by atoms with Gasteiger partial charge in [0.1, 0.15) is 0 Å². The molecule has 0 saturated carbocycles. The summed E-state index contributed by atoms with van der Waals surface area (Å²) in [6.07, 6.45) is 3.88. The number of nitrogens with zero attached hydrogens (tertiary/aromatic N) is 2. The van der Waals surface area contributed by atoms with Crippen molar-refractivity contribution in [3.63, 3.8) is 0 Å². The van der Waals surface area contributed by atoms with E-state index in [1.54, 1.807) is 23.0 Å². The molecular weight excluding hydrogens is 300 g/mol. The van der Waals surface area contributed by atoms with Gasteiger partial charge in [-0.1, -0.05) is 11.6 Å². The van der Waals surface area contributed by atoms with E-state index >= 15 is 0 Å². The highest BCUT2D eigenvalue weighted by Crippen LogP contribution is 2.15. The van der Waals surface area contributed by atoms with Gasteiger partial charge in [-0.05, 0) is 50.6 Å². The van der Waals surface area contributed by atoms with Gasteiger partial charge < -0.3 is 10.6 Å². The van der Waals surface area contributed by atoms with Crippen molar-refractivity contribution < 1.29 is 4.79 Å². The molecule has 3 rings (SSSR count). The highest BCUT2D eigenvalue weighted by molar-refractivity contribution is 6.30. The van der Waals surface area contributed by atoms with Crippen LogP contribution in [0.1, 0.15) is 28.9 Å². The Morgan fingerprint density at radius 3 is 2.86 bits per heavy atom. The van der Waals surface area contributed by atoms with E-state index in [1.165, 1.54) is 0 Å². The lowest BCUT2D eigenvalue weighted by atomic mass is 10.1. The van der Waals surface area contributed by atoms with Gasteiger partial charge in [0.05, 0.1) is 16.9 Å². The minimum Gasteiger partial charge on any atom is -0.348 e. The molecule has 116 valence electrons.